The third-order valence-corrected chi connectivity index (χ3v) is 3.10. The lowest BCUT2D eigenvalue weighted by Crippen LogP contribution is -2.13. The van der Waals surface area contributed by atoms with E-state index in [2.05, 4.69) is 17.0 Å². The minimum absolute atomic E-state index is 0.0681. The maximum atomic E-state index is 11.6. The highest BCUT2D eigenvalue weighted by Gasteiger charge is 2.05. The number of rotatable bonds is 9. The number of ether oxygens (including phenoxy) is 2. The van der Waals surface area contributed by atoms with E-state index in [9.17, 15) is 4.79 Å². The molecule has 1 aromatic heterocycles. The maximum absolute atomic E-state index is 11.6. The van der Waals surface area contributed by atoms with Crippen LogP contribution < -0.4 is 4.74 Å². The van der Waals surface area contributed by atoms with Crippen LogP contribution in [0.3, 0.4) is 0 Å². The van der Waals surface area contributed by atoms with Crippen molar-refractivity contribution < 1.29 is 14.3 Å². The fraction of sp³-hybridized carbons (Fsp3) is 0.438. The van der Waals surface area contributed by atoms with Gasteiger partial charge in [-0.2, -0.15) is 5.10 Å². The van der Waals surface area contributed by atoms with Gasteiger partial charge in [0.25, 0.3) is 0 Å². The van der Waals surface area contributed by atoms with E-state index in [1.54, 1.807) is 0 Å². The summed E-state index contributed by atoms with van der Waals surface area (Å²) < 4.78 is 12.2. The second-order valence-corrected chi connectivity index (χ2v) is 4.95. The van der Waals surface area contributed by atoms with Crippen LogP contribution >= 0.6 is 0 Å². The fourth-order valence-corrected chi connectivity index (χ4v) is 1.88. The zero-order chi connectivity index (χ0) is 15.6. The summed E-state index contributed by atoms with van der Waals surface area (Å²) in [7, 11) is 0. The molecule has 0 aliphatic carbocycles. The molecule has 22 heavy (non-hydrogen) atoms. The molecule has 0 saturated heterocycles. The molecule has 1 aromatic carbocycles. The summed E-state index contributed by atoms with van der Waals surface area (Å²) in [6, 6.07) is 7.59. The van der Waals surface area contributed by atoms with Gasteiger partial charge in [0.05, 0.1) is 6.61 Å². The summed E-state index contributed by atoms with van der Waals surface area (Å²) in [5.74, 6) is 0.499. The molecule has 0 radical (unpaired) electrons. The van der Waals surface area contributed by atoms with Gasteiger partial charge in [-0.1, -0.05) is 31.9 Å². The van der Waals surface area contributed by atoms with Crippen LogP contribution in [0.4, 0.5) is 0 Å². The number of benzene rings is 1. The zero-order valence-electron chi connectivity index (χ0n) is 12.8. The minimum atomic E-state index is -0.342. The van der Waals surface area contributed by atoms with Crippen molar-refractivity contribution in [3.8, 4) is 5.75 Å². The van der Waals surface area contributed by atoms with Crippen LogP contribution in [0, 0.1) is 0 Å². The normalized spacial score (nSPS) is 10.4. The lowest BCUT2D eigenvalue weighted by molar-refractivity contribution is -0.145. The second-order valence-electron chi connectivity index (χ2n) is 4.95. The Kier molecular flexibility index (Phi) is 6.41. The van der Waals surface area contributed by atoms with Gasteiger partial charge in [-0.05, 0) is 24.1 Å². The number of carbonyl (C=O) groups is 1. The molecule has 0 bridgehead atoms. The molecule has 2 rings (SSSR count). The number of hydrogen-bond donors (Lipinski definition) is 0. The van der Waals surface area contributed by atoms with Crippen molar-refractivity contribution in [3.05, 3.63) is 42.5 Å². The molecule has 2 aromatic rings. The van der Waals surface area contributed by atoms with Crippen LogP contribution in [0.2, 0.25) is 0 Å². The van der Waals surface area contributed by atoms with Crippen molar-refractivity contribution in [2.24, 2.45) is 0 Å². The van der Waals surface area contributed by atoms with Crippen LogP contribution in [0.5, 0.6) is 5.75 Å². The lowest BCUT2D eigenvalue weighted by Gasteiger charge is -2.08. The van der Waals surface area contributed by atoms with Crippen molar-refractivity contribution in [1.29, 1.82) is 0 Å². The van der Waals surface area contributed by atoms with Gasteiger partial charge in [0.2, 0.25) is 0 Å². The van der Waals surface area contributed by atoms with Gasteiger partial charge in [0, 0.05) is 0 Å². The summed E-state index contributed by atoms with van der Waals surface area (Å²) in [6.07, 6.45) is 6.29. The summed E-state index contributed by atoms with van der Waals surface area (Å²) in [5.41, 5.74) is 0.924. The van der Waals surface area contributed by atoms with Gasteiger partial charge in [-0.3, -0.25) is 4.79 Å². The Balaban J connectivity index is 1.70. The quantitative estimate of drug-likeness (QED) is 0.526. The Morgan fingerprint density at radius 3 is 2.73 bits per heavy atom. The molecule has 0 spiro atoms. The smallest absolute Gasteiger partial charge is 0.328 e. The summed E-state index contributed by atoms with van der Waals surface area (Å²) in [4.78, 5) is 15.4. The average Bonchev–Trinajstić information content (AvgIpc) is 3.03. The van der Waals surface area contributed by atoms with Crippen molar-refractivity contribution in [1.82, 2.24) is 14.8 Å². The molecule has 6 nitrogen and oxygen atoms in total. The Morgan fingerprint density at radius 2 is 2.05 bits per heavy atom. The molecule has 0 fully saturated rings. The van der Waals surface area contributed by atoms with Crippen molar-refractivity contribution in [3.63, 3.8) is 0 Å². The highest BCUT2D eigenvalue weighted by atomic mass is 16.5. The van der Waals surface area contributed by atoms with Crippen LogP contribution in [-0.2, 0) is 22.7 Å². The van der Waals surface area contributed by atoms with Gasteiger partial charge in [-0.15, -0.1) is 0 Å². The molecular weight excluding hydrogens is 282 g/mol. The number of aromatic nitrogens is 3. The molecule has 0 amide bonds. The molecular formula is C16H21N3O3. The predicted octanol–water partition coefficient (Wildman–Crippen LogP) is 2.59. The molecule has 0 unspecified atom stereocenters. The Bertz CT molecular complexity index is 553. The summed E-state index contributed by atoms with van der Waals surface area (Å²) in [5, 5.41) is 3.85. The highest BCUT2D eigenvalue weighted by Crippen LogP contribution is 2.13. The van der Waals surface area contributed by atoms with Crippen LogP contribution in [0.25, 0.3) is 0 Å². The Morgan fingerprint density at radius 1 is 1.23 bits per heavy atom. The van der Waals surface area contributed by atoms with E-state index >= 15 is 0 Å². The minimum Gasteiger partial charge on any atom is -0.494 e. The Hall–Kier alpha value is -2.37. The Labute approximate surface area is 130 Å². The topological polar surface area (TPSA) is 66.2 Å². The first-order valence-corrected chi connectivity index (χ1v) is 7.47. The van der Waals surface area contributed by atoms with E-state index in [4.69, 9.17) is 9.47 Å². The zero-order valence-corrected chi connectivity index (χ0v) is 12.8. The molecule has 0 aliphatic rings. The third-order valence-electron chi connectivity index (χ3n) is 3.10. The van der Waals surface area contributed by atoms with Crippen molar-refractivity contribution in [2.75, 3.05) is 6.61 Å². The molecule has 0 aliphatic heterocycles. The van der Waals surface area contributed by atoms with Crippen LogP contribution in [0.1, 0.15) is 31.7 Å². The lowest BCUT2D eigenvalue weighted by atomic mass is 10.2. The monoisotopic (exact) mass is 303 g/mol. The first kappa shape index (κ1) is 16.0. The average molecular weight is 303 g/mol. The SMILES string of the molecule is CCCCCOc1ccc(COC(=O)Cn2cncn2)cc1. The number of nitrogens with zero attached hydrogens (tertiary/aromatic N) is 3. The summed E-state index contributed by atoms with van der Waals surface area (Å²) in [6.45, 7) is 3.21. The largest absolute Gasteiger partial charge is 0.494 e. The molecule has 0 atom stereocenters. The van der Waals surface area contributed by atoms with Gasteiger partial charge in [0.15, 0.2) is 0 Å². The number of hydrogen-bond acceptors (Lipinski definition) is 5. The number of unbranched alkanes of at least 4 members (excludes halogenated alkanes) is 2. The van der Waals surface area contributed by atoms with E-state index < -0.39 is 0 Å². The second kappa shape index (κ2) is 8.81. The first-order valence-electron chi connectivity index (χ1n) is 7.47. The van der Waals surface area contributed by atoms with Crippen molar-refractivity contribution >= 4 is 5.97 Å². The van der Waals surface area contributed by atoms with E-state index in [1.165, 1.54) is 30.2 Å². The van der Waals surface area contributed by atoms with Gasteiger partial charge >= 0.3 is 5.97 Å². The van der Waals surface area contributed by atoms with E-state index in [0.717, 1.165) is 24.3 Å². The standard InChI is InChI=1S/C16H21N3O3/c1-2-3-4-9-21-15-7-5-14(6-8-15)11-22-16(20)10-19-13-17-12-18-19/h5-8,12-13H,2-4,9-11H2,1H3. The predicted molar refractivity (Wildman–Crippen MR) is 81.3 cm³/mol. The number of esters is 1. The number of carbonyl (C=O) groups excluding carboxylic acids is 1. The summed E-state index contributed by atoms with van der Waals surface area (Å²) >= 11 is 0. The first-order chi connectivity index (χ1) is 10.8. The molecule has 1 heterocycles. The van der Waals surface area contributed by atoms with E-state index in [1.807, 2.05) is 24.3 Å². The maximum Gasteiger partial charge on any atom is 0.328 e. The van der Waals surface area contributed by atoms with Gasteiger partial charge in [0.1, 0.15) is 31.6 Å². The van der Waals surface area contributed by atoms with Gasteiger partial charge in [-0.25, -0.2) is 9.67 Å². The fourth-order valence-electron chi connectivity index (χ4n) is 1.88. The molecule has 6 heteroatoms. The molecule has 0 saturated carbocycles. The highest BCUT2D eigenvalue weighted by molar-refractivity contribution is 5.69. The third kappa shape index (κ3) is 5.55. The molecule has 118 valence electrons. The van der Waals surface area contributed by atoms with Crippen molar-refractivity contribution in [2.45, 2.75) is 39.3 Å². The van der Waals surface area contributed by atoms with E-state index in [-0.39, 0.29) is 19.1 Å². The van der Waals surface area contributed by atoms with E-state index in [0.29, 0.717) is 0 Å². The van der Waals surface area contributed by atoms with Crippen LogP contribution in [0.15, 0.2) is 36.9 Å². The van der Waals surface area contributed by atoms with Crippen LogP contribution in [-0.4, -0.2) is 27.3 Å². The van der Waals surface area contributed by atoms with Gasteiger partial charge < -0.3 is 9.47 Å². The molecule has 0 N–H and O–H groups in total.